The highest BCUT2D eigenvalue weighted by atomic mass is 16.3. The van der Waals surface area contributed by atoms with Crippen molar-refractivity contribution >= 4 is 11.0 Å². The summed E-state index contributed by atoms with van der Waals surface area (Å²) < 4.78 is 5.39. The van der Waals surface area contributed by atoms with Gasteiger partial charge in [0.2, 0.25) is 0 Å². The van der Waals surface area contributed by atoms with Crippen molar-refractivity contribution in [3.63, 3.8) is 0 Å². The first-order valence-corrected chi connectivity index (χ1v) is 5.15. The third-order valence-corrected chi connectivity index (χ3v) is 2.97. The van der Waals surface area contributed by atoms with Crippen LogP contribution in [-0.2, 0) is 0 Å². The molecule has 0 saturated carbocycles. The monoisotopic (exact) mass is 187 g/mol. The van der Waals surface area contributed by atoms with Gasteiger partial charge >= 0.3 is 0 Å². The average molecular weight is 187 g/mol. The number of rotatable bonds is 1. The first-order chi connectivity index (χ1) is 6.95. The normalized spacial score (nSPS) is 21.9. The second-order valence-electron chi connectivity index (χ2n) is 3.83. The van der Waals surface area contributed by atoms with E-state index in [-0.39, 0.29) is 0 Å². The number of furan rings is 1. The van der Waals surface area contributed by atoms with Crippen molar-refractivity contribution in [3.05, 3.63) is 36.1 Å². The molecule has 1 aliphatic heterocycles. The van der Waals surface area contributed by atoms with E-state index in [9.17, 15) is 0 Å². The largest absolute Gasteiger partial charge is 0.464 e. The Labute approximate surface area is 82.9 Å². The second kappa shape index (κ2) is 3.14. The lowest BCUT2D eigenvalue weighted by atomic mass is 10.0. The first-order valence-electron chi connectivity index (χ1n) is 5.15. The van der Waals surface area contributed by atoms with E-state index >= 15 is 0 Å². The van der Waals surface area contributed by atoms with Gasteiger partial charge in [-0.2, -0.15) is 0 Å². The molecule has 2 nitrogen and oxygen atoms in total. The molecule has 0 unspecified atom stereocenters. The van der Waals surface area contributed by atoms with Crippen molar-refractivity contribution in [1.29, 1.82) is 0 Å². The fourth-order valence-electron chi connectivity index (χ4n) is 2.27. The van der Waals surface area contributed by atoms with Crippen molar-refractivity contribution in [2.75, 3.05) is 6.54 Å². The van der Waals surface area contributed by atoms with Crippen LogP contribution in [0.15, 0.2) is 34.9 Å². The molecule has 2 heterocycles. The zero-order chi connectivity index (χ0) is 9.38. The van der Waals surface area contributed by atoms with E-state index in [1.807, 2.05) is 6.07 Å². The van der Waals surface area contributed by atoms with Gasteiger partial charge in [-0.05, 0) is 37.1 Å². The van der Waals surface area contributed by atoms with E-state index in [2.05, 4.69) is 23.5 Å². The van der Waals surface area contributed by atoms with Gasteiger partial charge in [0.1, 0.15) is 5.58 Å². The Morgan fingerprint density at radius 1 is 1.29 bits per heavy atom. The third-order valence-electron chi connectivity index (χ3n) is 2.97. The summed E-state index contributed by atoms with van der Waals surface area (Å²) in [6.07, 6.45) is 4.28. The lowest BCUT2D eigenvalue weighted by Gasteiger charge is -2.10. The topological polar surface area (TPSA) is 25.2 Å². The highest BCUT2D eigenvalue weighted by Gasteiger charge is 2.18. The zero-order valence-corrected chi connectivity index (χ0v) is 7.99. The maximum Gasteiger partial charge on any atom is 0.134 e. The lowest BCUT2D eigenvalue weighted by molar-refractivity contribution is 0.614. The molecule has 0 spiro atoms. The Morgan fingerprint density at radius 2 is 2.29 bits per heavy atom. The minimum absolute atomic E-state index is 0.524. The van der Waals surface area contributed by atoms with Crippen LogP contribution in [0.3, 0.4) is 0 Å². The van der Waals surface area contributed by atoms with Crippen molar-refractivity contribution in [1.82, 2.24) is 5.32 Å². The van der Waals surface area contributed by atoms with Gasteiger partial charge in [0.15, 0.2) is 0 Å². The summed E-state index contributed by atoms with van der Waals surface area (Å²) in [7, 11) is 0. The minimum atomic E-state index is 0.524. The SMILES string of the molecule is c1cc([C@H]2CCCN2)c2ccoc2c1. The van der Waals surface area contributed by atoms with Crippen molar-refractivity contribution in [2.45, 2.75) is 18.9 Å². The highest BCUT2D eigenvalue weighted by Crippen LogP contribution is 2.29. The van der Waals surface area contributed by atoms with E-state index in [0.717, 1.165) is 12.1 Å². The number of hydrogen-bond acceptors (Lipinski definition) is 2. The molecule has 0 bridgehead atoms. The maximum absolute atomic E-state index is 5.39. The number of benzene rings is 1. The highest BCUT2D eigenvalue weighted by molar-refractivity contribution is 5.81. The molecule has 1 atom stereocenters. The molecular formula is C12H13NO. The van der Waals surface area contributed by atoms with Crippen LogP contribution >= 0.6 is 0 Å². The average Bonchev–Trinajstić information content (AvgIpc) is 2.88. The molecule has 2 heteroatoms. The van der Waals surface area contributed by atoms with Gasteiger partial charge in [-0.15, -0.1) is 0 Å². The van der Waals surface area contributed by atoms with Gasteiger partial charge in [0.25, 0.3) is 0 Å². The molecule has 1 aromatic carbocycles. The molecule has 3 rings (SSSR count). The third kappa shape index (κ3) is 1.15. The van der Waals surface area contributed by atoms with Gasteiger partial charge in [-0.3, -0.25) is 0 Å². The standard InChI is InChI=1S/C12H13NO/c1-3-9(11-4-2-7-13-11)10-6-8-14-12(10)5-1/h1,3,5-6,8,11,13H,2,4,7H2/t11-/m1/s1. The number of hydrogen-bond donors (Lipinski definition) is 1. The summed E-state index contributed by atoms with van der Waals surface area (Å²) in [4.78, 5) is 0. The number of nitrogens with one attached hydrogen (secondary N) is 1. The minimum Gasteiger partial charge on any atom is -0.464 e. The van der Waals surface area contributed by atoms with E-state index in [1.165, 1.54) is 23.8 Å². The Kier molecular flexibility index (Phi) is 1.81. The lowest BCUT2D eigenvalue weighted by Crippen LogP contribution is -2.12. The molecule has 1 aromatic heterocycles. The summed E-state index contributed by atoms with van der Waals surface area (Å²) in [5, 5.41) is 4.77. The molecule has 1 N–H and O–H groups in total. The van der Waals surface area contributed by atoms with Crippen molar-refractivity contribution < 1.29 is 4.42 Å². The van der Waals surface area contributed by atoms with Gasteiger partial charge in [-0.1, -0.05) is 12.1 Å². The van der Waals surface area contributed by atoms with Gasteiger partial charge < -0.3 is 9.73 Å². The quantitative estimate of drug-likeness (QED) is 0.742. The first kappa shape index (κ1) is 8.06. The van der Waals surface area contributed by atoms with Crippen LogP contribution in [0.1, 0.15) is 24.4 Å². The Balaban J connectivity index is 2.14. The predicted octanol–water partition coefficient (Wildman–Crippen LogP) is 2.86. The Bertz CT molecular complexity index is 440. The number of fused-ring (bicyclic) bond motifs is 1. The molecule has 72 valence electrons. The summed E-state index contributed by atoms with van der Waals surface area (Å²) in [6, 6.07) is 8.87. The van der Waals surface area contributed by atoms with E-state index < -0.39 is 0 Å². The van der Waals surface area contributed by atoms with Gasteiger partial charge in [-0.25, -0.2) is 0 Å². The van der Waals surface area contributed by atoms with Crippen molar-refractivity contribution in [2.24, 2.45) is 0 Å². The van der Waals surface area contributed by atoms with Crippen LogP contribution < -0.4 is 5.32 Å². The molecule has 1 aliphatic rings. The molecule has 0 amide bonds. The van der Waals surface area contributed by atoms with Crippen LogP contribution in [0.2, 0.25) is 0 Å². The summed E-state index contributed by atoms with van der Waals surface area (Å²) >= 11 is 0. The zero-order valence-electron chi connectivity index (χ0n) is 7.99. The summed E-state index contributed by atoms with van der Waals surface area (Å²) in [6.45, 7) is 1.14. The Hall–Kier alpha value is -1.28. The fraction of sp³-hybridized carbons (Fsp3) is 0.333. The summed E-state index contributed by atoms with van der Waals surface area (Å²) in [5.41, 5.74) is 2.38. The Morgan fingerprint density at radius 3 is 3.14 bits per heavy atom. The molecule has 0 aliphatic carbocycles. The van der Waals surface area contributed by atoms with Crippen LogP contribution in [0, 0.1) is 0 Å². The molecule has 1 saturated heterocycles. The molecular weight excluding hydrogens is 174 g/mol. The van der Waals surface area contributed by atoms with Crippen LogP contribution in [0.5, 0.6) is 0 Å². The van der Waals surface area contributed by atoms with Crippen LogP contribution in [-0.4, -0.2) is 6.54 Å². The van der Waals surface area contributed by atoms with Gasteiger partial charge in [0.05, 0.1) is 6.26 Å². The van der Waals surface area contributed by atoms with E-state index in [4.69, 9.17) is 4.42 Å². The van der Waals surface area contributed by atoms with Gasteiger partial charge in [0, 0.05) is 11.4 Å². The van der Waals surface area contributed by atoms with Crippen LogP contribution in [0.25, 0.3) is 11.0 Å². The summed E-state index contributed by atoms with van der Waals surface area (Å²) in [5.74, 6) is 0. The molecule has 1 fully saturated rings. The van der Waals surface area contributed by atoms with Crippen LogP contribution in [0.4, 0.5) is 0 Å². The molecule has 2 aromatic rings. The maximum atomic E-state index is 5.39. The second-order valence-corrected chi connectivity index (χ2v) is 3.83. The van der Waals surface area contributed by atoms with E-state index in [0.29, 0.717) is 6.04 Å². The molecule has 0 radical (unpaired) electrons. The fourth-order valence-corrected chi connectivity index (χ4v) is 2.27. The van der Waals surface area contributed by atoms with Crippen molar-refractivity contribution in [3.8, 4) is 0 Å². The molecule has 14 heavy (non-hydrogen) atoms. The smallest absolute Gasteiger partial charge is 0.134 e. The van der Waals surface area contributed by atoms with E-state index in [1.54, 1.807) is 6.26 Å². The predicted molar refractivity (Wildman–Crippen MR) is 56.2 cm³/mol.